The number of aliphatic carboxylic acids is 1. The number of methoxy groups -OCH3 is 1. The number of carboxylic acids is 1. The van der Waals surface area contributed by atoms with Crippen LogP contribution in [0.3, 0.4) is 0 Å². The van der Waals surface area contributed by atoms with Crippen LogP contribution in [-0.4, -0.2) is 36.4 Å². The lowest BCUT2D eigenvalue weighted by atomic mass is 10.1. The van der Waals surface area contributed by atoms with Crippen molar-refractivity contribution in [3.63, 3.8) is 0 Å². The zero-order valence-corrected chi connectivity index (χ0v) is 16.4. The number of benzene rings is 1. The first-order valence-corrected chi connectivity index (χ1v) is 8.88. The number of carbonyl (C=O) groups is 1. The molecule has 6 nitrogen and oxygen atoms in total. The highest BCUT2D eigenvalue weighted by Crippen LogP contribution is 2.34. The van der Waals surface area contributed by atoms with E-state index in [1.54, 1.807) is 38.3 Å². The van der Waals surface area contributed by atoms with E-state index in [9.17, 15) is 9.90 Å². The van der Waals surface area contributed by atoms with Gasteiger partial charge in [0, 0.05) is 30.5 Å². The molecule has 0 fully saturated rings. The van der Waals surface area contributed by atoms with Crippen LogP contribution in [0.25, 0.3) is 6.08 Å². The molecule has 1 heterocycles. The molecule has 0 saturated heterocycles. The number of pyridine rings is 1. The Labute approximate surface area is 167 Å². The number of aromatic nitrogens is 1. The summed E-state index contributed by atoms with van der Waals surface area (Å²) < 4.78 is 16.4. The van der Waals surface area contributed by atoms with Gasteiger partial charge in [-0.3, -0.25) is 0 Å². The first-order valence-electron chi connectivity index (χ1n) is 8.13. The summed E-state index contributed by atoms with van der Waals surface area (Å²) in [5, 5.41) is 9.90. The second-order valence-corrected chi connectivity index (χ2v) is 6.26. The quantitative estimate of drug-likeness (QED) is 0.457. The minimum atomic E-state index is -0.994. The molecule has 0 unspecified atom stereocenters. The third-order valence-electron chi connectivity index (χ3n) is 3.51. The molecule has 1 aromatic carbocycles. The zero-order chi connectivity index (χ0) is 19.8. The fourth-order valence-corrected chi connectivity index (χ4v) is 2.56. The Morgan fingerprint density at radius 1 is 1.26 bits per heavy atom. The van der Waals surface area contributed by atoms with Crippen LogP contribution in [0.2, 0.25) is 10.0 Å². The van der Waals surface area contributed by atoms with Crippen molar-refractivity contribution in [2.45, 2.75) is 13.3 Å². The lowest BCUT2D eigenvalue weighted by Gasteiger charge is -2.13. The predicted molar refractivity (Wildman–Crippen MR) is 104 cm³/mol. The second kappa shape index (κ2) is 10.2. The van der Waals surface area contributed by atoms with Gasteiger partial charge in [0.1, 0.15) is 23.1 Å². The van der Waals surface area contributed by atoms with Gasteiger partial charge in [-0.15, -0.1) is 0 Å². The summed E-state index contributed by atoms with van der Waals surface area (Å²) in [4.78, 5) is 15.4. The van der Waals surface area contributed by atoms with E-state index in [-0.39, 0.29) is 16.5 Å². The minimum Gasteiger partial charge on any atom is -0.491 e. The number of hydrogen-bond acceptors (Lipinski definition) is 5. The summed E-state index contributed by atoms with van der Waals surface area (Å²) in [7, 11) is 1.58. The van der Waals surface area contributed by atoms with Crippen molar-refractivity contribution in [1.82, 2.24) is 4.98 Å². The number of ether oxygens (including phenoxy) is 3. The third-order valence-corrected chi connectivity index (χ3v) is 3.98. The SMILES string of the molecule is CCC(=Cc1ccc(OCCOC)cc1Oc1ncc(Cl)cc1Cl)C(=O)O. The molecule has 0 spiro atoms. The molecule has 27 heavy (non-hydrogen) atoms. The summed E-state index contributed by atoms with van der Waals surface area (Å²) in [6.07, 6.45) is 3.31. The van der Waals surface area contributed by atoms with Crippen LogP contribution in [0.1, 0.15) is 18.9 Å². The Morgan fingerprint density at radius 3 is 2.67 bits per heavy atom. The van der Waals surface area contributed by atoms with E-state index < -0.39 is 5.97 Å². The molecule has 2 aromatic rings. The van der Waals surface area contributed by atoms with Crippen LogP contribution >= 0.6 is 23.2 Å². The molecule has 0 aliphatic heterocycles. The van der Waals surface area contributed by atoms with Gasteiger partial charge < -0.3 is 19.3 Å². The van der Waals surface area contributed by atoms with Crippen molar-refractivity contribution < 1.29 is 24.1 Å². The fraction of sp³-hybridized carbons (Fsp3) is 0.263. The Kier molecular flexibility index (Phi) is 7.91. The monoisotopic (exact) mass is 411 g/mol. The van der Waals surface area contributed by atoms with E-state index in [2.05, 4.69) is 4.98 Å². The van der Waals surface area contributed by atoms with E-state index >= 15 is 0 Å². The summed E-state index contributed by atoms with van der Waals surface area (Å²) in [6, 6.07) is 6.58. The molecule has 144 valence electrons. The van der Waals surface area contributed by atoms with Gasteiger partial charge in [-0.05, 0) is 30.7 Å². The molecule has 0 bridgehead atoms. The van der Waals surface area contributed by atoms with Crippen molar-refractivity contribution in [3.05, 3.63) is 51.6 Å². The maximum Gasteiger partial charge on any atom is 0.331 e. The third kappa shape index (κ3) is 6.13. The van der Waals surface area contributed by atoms with Crippen LogP contribution in [-0.2, 0) is 9.53 Å². The van der Waals surface area contributed by atoms with Gasteiger partial charge >= 0.3 is 5.97 Å². The molecule has 0 atom stereocenters. The summed E-state index contributed by atoms with van der Waals surface area (Å²) in [5.74, 6) is 0.0520. The first-order chi connectivity index (χ1) is 12.9. The Morgan fingerprint density at radius 2 is 2.04 bits per heavy atom. The number of halogens is 2. The maximum absolute atomic E-state index is 11.3. The summed E-state index contributed by atoms with van der Waals surface area (Å²) in [6.45, 7) is 2.56. The number of carboxylic acid groups (broad SMARTS) is 1. The maximum atomic E-state index is 11.3. The van der Waals surface area contributed by atoms with Crippen molar-refractivity contribution in [2.75, 3.05) is 20.3 Å². The normalized spacial score (nSPS) is 11.3. The Balaban J connectivity index is 2.41. The van der Waals surface area contributed by atoms with E-state index in [4.69, 9.17) is 37.4 Å². The Bertz CT molecular complexity index is 839. The molecular weight excluding hydrogens is 393 g/mol. The predicted octanol–water partition coefficient (Wildman–Crippen LogP) is 5.08. The highest BCUT2D eigenvalue weighted by atomic mass is 35.5. The lowest BCUT2D eigenvalue weighted by molar-refractivity contribution is -0.132. The van der Waals surface area contributed by atoms with Crippen LogP contribution in [0.15, 0.2) is 36.0 Å². The minimum absolute atomic E-state index is 0.151. The van der Waals surface area contributed by atoms with Crippen molar-refractivity contribution >= 4 is 35.2 Å². The zero-order valence-electron chi connectivity index (χ0n) is 14.9. The van der Waals surface area contributed by atoms with Gasteiger partial charge in [0.2, 0.25) is 5.88 Å². The van der Waals surface area contributed by atoms with Crippen LogP contribution in [0, 0.1) is 0 Å². The van der Waals surface area contributed by atoms with Crippen molar-refractivity contribution in [3.8, 4) is 17.4 Å². The summed E-state index contributed by atoms with van der Waals surface area (Å²) >= 11 is 12.0. The van der Waals surface area contributed by atoms with Gasteiger partial charge in [0.05, 0.1) is 11.6 Å². The van der Waals surface area contributed by atoms with Gasteiger partial charge in [0.15, 0.2) is 0 Å². The number of nitrogens with zero attached hydrogens (tertiary/aromatic N) is 1. The molecule has 0 saturated carbocycles. The standard InChI is InChI=1S/C19H19Cl2NO5/c1-3-12(19(23)24)8-13-4-5-15(26-7-6-25-2)10-17(13)27-18-16(21)9-14(20)11-22-18/h4-5,8-11H,3,6-7H2,1-2H3,(H,23,24). The molecule has 2 rings (SSSR count). The molecule has 1 aromatic heterocycles. The van der Waals surface area contributed by atoms with Crippen LogP contribution in [0.5, 0.6) is 17.4 Å². The van der Waals surface area contributed by atoms with Crippen molar-refractivity contribution in [1.29, 1.82) is 0 Å². The largest absolute Gasteiger partial charge is 0.491 e. The molecular formula is C19H19Cl2NO5. The van der Waals surface area contributed by atoms with E-state index in [0.717, 1.165) is 0 Å². The van der Waals surface area contributed by atoms with Crippen LogP contribution < -0.4 is 9.47 Å². The van der Waals surface area contributed by atoms with E-state index in [0.29, 0.717) is 41.7 Å². The molecule has 8 heteroatoms. The molecule has 1 N–H and O–H groups in total. The average Bonchev–Trinajstić information content (AvgIpc) is 2.63. The summed E-state index contributed by atoms with van der Waals surface area (Å²) in [5.41, 5.74) is 0.796. The molecule has 0 aliphatic carbocycles. The lowest BCUT2D eigenvalue weighted by Crippen LogP contribution is -2.04. The van der Waals surface area contributed by atoms with E-state index in [1.165, 1.54) is 12.3 Å². The molecule has 0 radical (unpaired) electrons. The van der Waals surface area contributed by atoms with Gasteiger partial charge in [-0.2, -0.15) is 0 Å². The average molecular weight is 412 g/mol. The number of rotatable bonds is 9. The van der Waals surface area contributed by atoms with Gasteiger partial charge in [0.25, 0.3) is 0 Å². The number of hydrogen-bond donors (Lipinski definition) is 1. The smallest absolute Gasteiger partial charge is 0.331 e. The highest BCUT2D eigenvalue weighted by molar-refractivity contribution is 6.35. The van der Waals surface area contributed by atoms with Crippen molar-refractivity contribution in [2.24, 2.45) is 0 Å². The Hall–Kier alpha value is -2.28. The fourth-order valence-electron chi connectivity index (χ4n) is 2.14. The van der Waals surface area contributed by atoms with Gasteiger partial charge in [-0.1, -0.05) is 30.1 Å². The highest BCUT2D eigenvalue weighted by Gasteiger charge is 2.13. The van der Waals surface area contributed by atoms with Gasteiger partial charge in [-0.25, -0.2) is 9.78 Å². The molecule has 0 amide bonds. The van der Waals surface area contributed by atoms with E-state index in [1.807, 2.05) is 0 Å². The van der Waals surface area contributed by atoms with Crippen LogP contribution in [0.4, 0.5) is 0 Å². The molecule has 0 aliphatic rings. The second-order valence-electron chi connectivity index (χ2n) is 5.41. The first kappa shape index (κ1) is 21.0. The topological polar surface area (TPSA) is 77.9 Å².